The van der Waals surface area contributed by atoms with E-state index in [0.717, 1.165) is 44.6 Å². The number of nitrogens with one attached hydrogen (secondary N) is 3. The number of carbonyl (C=O) groups excluding carboxylic acids is 1. The molecule has 0 bridgehead atoms. The maximum Gasteiger partial charge on any atom is 0.317 e. The average Bonchev–Trinajstić information content (AvgIpc) is 3.50. The van der Waals surface area contributed by atoms with Crippen molar-refractivity contribution < 1.29 is 13.9 Å². The van der Waals surface area contributed by atoms with Crippen molar-refractivity contribution in [1.82, 2.24) is 31.0 Å². The normalized spacial score (nSPS) is 32.2. The Hall–Kier alpha value is -2.75. The predicted octanol–water partition coefficient (Wildman–Crippen LogP) is 2.75. The molecule has 3 N–H and O–H groups in total. The summed E-state index contributed by atoms with van der Waals surface area (Å²) in [6.07, 6.45) is 4.78. The van der Waals surface area contributed by atoms with Crippen molar-refractivity contribution in [3.8, 4) is 5.75 Å². The molecule has 36 heavy (non-hydrogen) atoms. The van der Waals surface area contributed by atoms with Crippen LogP contribution in [0, 0.1) is 24.6 Å². The second kappa shape index (κ2) is 9.61. The van der Waals surface area contributed by atoms with E-state index in [9.17, 15) is 9.18 Å². The van der Waals surface area contributed by atoms with E-state index in [-0.39, 0.29) is 30.0 Å². The van der Waals surface area contributed by atoms with Gasteiger partial charge in [0.2, 0.25) is 0 Å². The third-order valence-electron chi connectivity index (χ3n) is 8.67. The molecule has 0 radical (unpaired) electrons. The van der Waals surface area contributed by atoms with Gasteiger partial charge in [-0.3, -0.25) is 15.3 Å². The van der Waals surface area contributed by atoms with Crippen LogP contribution >= 0.6 is 0 Å². The van der Waals surface area contributed by atoms with Crippen molar-refractivity contribution in [3.05, 3.63) is 59.2 Å². The lowest BCUT2D eigenvalue weighted by Crippen LogP contribution is -2.63. The van der Waals surface area contributed by atoms with Gasteiger partial charge in [-0.25, -0.2) is 14.6 Å². The summed E-state index contributed by atoms with van der Waals surface area (Å²) in [6.45, 7) is 4.88. The summed E-state index contributed by atoms with van der Waals surface area (Å²) in [6, 6.07) is 10.2. The zero-order valence-corrected chi connectivity index (χ0v) is 20.9. The monoisotopic (exact) mass is 494 g/mol. The summed E-state index contributed by atoms with van der Waals surface area (Å²) in [7, 11) is 1.57. The maximum atomic E-state index is 14.5. The summed E-state index contributed by atoms with van der Waals surface area (Å²) in [5.74, 6) is 1.22. The predicted molar refractivity (Wildman–Crippen MR) is 134 cm³/mol. The van der Waals surface area contributed by atoms with Gasteiger partial charge in [0.1, 0.15) is 11.6 Å². The van der Waals surface area contributed by atoms with E-state index in [1.807, 2.05) is 18.0 Å². The minimum Gasteiger partial charge on any atom is -0.496 e. The Morgan fingerprint density at radius 2 is 2.06 bits per heavy atom. The number of carbonyl (C=O) groups is 1. The van der Waals surface area contributed by atoms with E-state index >= 15 is 0 Å². The molecule has 4 fully saturated rings. The van der Waals surface area contributed by atoms with E-state index < -0.39 is 0 Å². The molecule has 4 heterocycles. The number of aromatic nitrogens is 1. The number of halogens is 1. The van der Waals surface area contributed by atoms with Gasteiger partial charge in [0.15, 0.2) is 0 Å². The molecule has 8 nitrogen and oxygen atoms in total. The Morgan fingerprint density at radius 1 is 1.17 bits per heavy atom. The first-order chi connectivity index (χ1) is 17.5. The van der Waals surface area contributed by atoms with Crippen LogP contribution in [0.3, 0.4) is 0 Å². The van der Waals surface area contributed by atoms with E-state index in [0.29, 0.717) is 35.7 Å². The van der Waals surface area contributed by atoms with Crippen molar-refractivity contribution in [3.63, 3.8) is 0 Å². The SMILES string of the molecule is COc1cccc(F)c1CN1CC[C@@H](N2CC3CC4C(CC3NC2=O)NNC4c2ccnc(C)c2)C1. The lowest BCUT2D eigenvalue weighted by molar-refractivity contribution is 0.0811. The fourth-order valence-electron chi connectivity index (χ4n) is 6.84. The van der Waals surface area contributed by atoms with Gasteiger partial charge in [-0.15, -0.1) is 0 Å². The number of ether oxygens (including phenoxy) is 1. The van der Waals surface area contributed by atoms with Crippen LogP contribution in [0.25, 0.3) is 0 Å². The van der Waals surface area contributed by atoms with Crippen LogP contribution in [-0.2, 0) is 6.54 Å². The molecule has 2 amide bonds. The molecule has 192 valence electrons. The Bertz CT molecular complexity index is 1130. The average molecular weight is 495 g/mol. The van der Waals surface area contributed by atoms with E-state index in [4.69, 9.17) is 4.74 Å². The fourth-order valence-corrected chi connectivity index (χ4v) is 6.84. The highest BCUT2D eigenvalue weighted by Gasteiger charge is 2.49. The van der Waals surface area contributed by atoms with Gasteiger partial charge >= 0.3 is 6.03 Å². The molecule has 1 aromatic carbocycles. The Labute approximate surface area is 211 Å². The number of pyridine rings is 1. The Kier molecular flexibility index (Phi) is 6.31. The zero-order valence-electron chi connectivity index (χ0n) is 20.9. The first-order valence-electron chi connectivity index (χ1n) is 13.0. The van der Waals surface area contributed by atoms with Crippen molar-refractivity contribution >= 4 is 6.03 Å². The summed E-state index contributed by atoms with van der Waals surface area (Å²) in [5.41, 5.74) is 9.91. The van der Waals surface area contributed by atoms with Gasteiger partial charge in [-0.1, -0.05) is 6.07 Å². The molecule has 6 atom stereocenters. The molecular weight excluding hydrogens is 459 g/mol. The molecule has 4 aliphatic rings. The van der Waals surface area contributed by atoms with Crippen LogP contribution in [0.4, 0.5) is 9.18 Å². The minimum absolute atomic E-state index is 0.0392. The number of hydrazine groups is 1. The standard InChI is InChI=1S/C27H35FN6O2/c1-16-10-17(6-8-29-16)26-20-11-18-13-34(27(35)30-23(18)12-24(20)31-32-26)19-7-9-33(14-19)15-21-22(28)4-3-5-25(21)36-2/h3-6,8,10,18-20,23-24,26,31-32H,7,9,11-15H2,1-2H3,(H,30,35)/t18?,19-,20?,23?,24?,26?/m1/s1. The Balaban J connectivity index is 1.12. The lowest BCUT2D eigenvalue weighted by Gasteiger charge is -2.47. The number of nitrogens with zero attached hydrogens (tertiary/aromatic N) is 3. The van der Waals surface area contributed by atoms with E-state index in [2.05, 4.69) is 38.2 Å². The van der Waals surface area contributed by atoms with Gasteiger partial charge < -0.3 is 15.0 Å². The van der Waals surface area contributed by atoms with Gasteiger partial charge in [0, 0.05) is 61.8 Å². The number of aryl methyl sites for hydroxylation is 1. The second-order valence-corrected chi connectivity index (χ2v) is 10.8. The van der Waals surface area contributed by atoms with Gasteiger partial charge in [-0.05, 0) is 67.9 Å². The second-order valence-electron chi connectivity index (χ2n) is 10.8. The fraction of sp³-hybridized carbons (Fsp3) is 0.556. The molecule has 3 aliphatic heterocycles. The highest BCUT2D eigenvalue weighted by atomic mass is 19.1. The number of amides is 2. The number of hydrogen-bond acceptors (Lipinski definition) is 6. The molecule has 3 saturated heterocycles. The van der Waals surface area contributed by atoms with Crippen molar-refractivity contribution in [2.75, 3.05) is 26.7 Å². The quantitative estimate of drug-likeness (QED) is 0.593. The molecule has 0 spiro atoms. The number of hydrogen-bond donors (Lipinski definition) is 3. The Morgan fingerprint density at radius 3 is 2.89 bits per heavy atom. The number of rotatable bonds is 5. The molecule has 1 aromatic heterocycles. The summed E-state index contributed by atoms with van der Waals surface area (Å²) in [4.78, 5) is 21.8. The highest BCUT2D eigenvalue weighted by molar-refractivity contribution is 5.76. The number of benzene rings is 1. The summed E-state index contributed by atoms with van der Waals surface area (Å²) >= 11 is 0. The maximum absolute atomic E-state index is 14.5. The largest absolute Gasteiger partial charge is 0.496 e. The van der Waals surface area contributed by atoms with Crippen LogP contribution in [0.5, 0.6) is 5.75 Å². The molecule has 1 aliphatic carbocycles. The zero-order chi connectivity index (χ0) is 24.8. The number of methoxy groups -OCH3 is 1. The first-order valence-corrected chi connectivity index (χ1v) is 13.0. The molecule has 9 heteroatoms. The molecule has 1 saturated carbocycles. The van der Waals surface area contributed by atoms with Crippen LogP contribution < -0.4 is 20.9 Å². The van der Waals surface area contributed by atoms with Gasteiger partial charge in [0.05, 0.1) is 13.2 Å². The third-order valence-corrected chi connectivity index (χ3v) is 8.67. The topological polar surface area (TPSA) is 81.8 Å². The van der Waals surface area contributed by atoms with Crippen molar-refractivity contribution in [1.29, 1.82) is 0 Å². The minimum atomic E-state index is -0.245. The van der Waals surface area contributed by atoms with E-state index in [1.54, 1.807) is 19.2 Å². The van der Waals surface area contributed by atoms with Crippen LogP contribution in [0.2, 0.25) is 0 Å². The van der Waals surface area contributed by atoms with Crippen molar-refractivity contribution in [2.45, 2.75) is 56.9 Å². The molecular formula is C27H35FN6O2. The lowest BCUT2D eigenvalue weighted by atomic mass is 9.71. The van der Waals surface area contributed by atoms with Gasteiger partial charge in [-0.2, -0.15) is 0 Å². The summed E-state index contributed by atoms with van der Waals surface area (Å²) < 4.78 is 19.9. The molecule has 2 aromatic rings. The first kappa shape index (κ1) is 23.6. The van der Waals surface area contributed by atoms with Crippen LogP contribution in [0.15, 0.2) is 36.5 Å². The molecule has 6 rings (SSSR count). The summed E-state index contributed by atoms with van der Waals surface area (Å²) in [5, 5.41) is 3.32. The smallest absolute Gasteiger partial charge is 0.317 e. The molecule has 5 unspecified atom stereocenters. The number of urea groups is 1. The third kappa shape index (κ3) is 4.33. The van der Waals surface area contributed by atoms with Crippen molar-refractivity contribution in [2.24, 2.45) is 11.8 Å². The number of likely N-dealkylation sites (tertiary alicyclic amines) is 1. The number of fused-ring (bicyclic) bond motifs is 2. The van der Waals surface area contributed by atoms with Crippen LogP contribution in [-0.4, -0.2) is 65.7 Å². The van der Waals surface area contributed by atoms with Gasteiger partial charge in [0.25, 0.3) is 0 Å². The van der Waals surface area contributed by atoms with E-state index in [1.165, 1.54) is 11.6 Å². The van der Waals surface area contributed by atoms with Crippen LogP contribution in [0.1, 0.15) is 42.1 Å². The highest BCUT2D eigenvalue weighted by Crippen LogP contribution is 2.42.